The van der Waals surface area contributed by atoms with Crippen LogP contribution in [0.4, 0.5) is 5.69 Å². The van der Waals surface area contributed by atoms with Gasteiger partial charge in [0.05, 0.1) is 36.8 Å². The van der Waals surface area contributed by atoms with Crippen LogP contribution in [0.3, 0.4) is 0 Å². The van der Waals surface area contributed by atoms with Crippen LogP contribution in [0.25, 0.3) is 0 Å². The molecule has 4 rings (SSSR count). The maximum atomic E-state index is 13.6. The fourth-order valence-electron chi connectivity index (χ4n) is 4.29. The van der Waals surface area contributed by atoms with Crippen molar-refractivity contribution in [2.24, 2.45) is 0 Å². The van der Waals surface area contributed by atoms with Crippen molar-refractivity contribution in [2.45, 2.75) is 19.4 Å². The quantitative estimate of drug-likeness (QED) is 0.358. The van der Waals surface area contributed by atoms with Gasteiger partial charge in [-0.3, -0.25) is 14.5 Å². The molecule has 2 amide bonds. The Morgan fingerprint density at radius 2 is 1.68 bits per heavy atom. The maximum Gasteiger partial charge on any atom is 0.260 e. The number of nitrogens with one attached hydrogen (secondary N) is 1. The summed E-state index contributed by atoms with van der Waals surface area (Å²) >= 11 is 12.4. The predicted molar refractivity (Wildman–Crippen MR) is 148 cm³/mol. The van der Waals surface area contributed by atoms with Crippen LogP contribution in [0.2, 0.25) is 10.0 Å². The molecule has 6 nitrogen and oxygen atoms in total. The number of hydrogen-bond acceptors (Lipinski definition) is 4. The number of nitrogens with zero attached hydrogens (tertiary/aromatic N) is 2. The second-order valence-corrected chi connectivity index (χ2v) is 9.85. The van der Waals surface area contributed by atoms with Crippen LogP contribution in [0.5, 0.6) is 0 Å². The van der Waals surface area contributed by atoms with E-state index in [2.05, 4.69) is 10.2 Å². The van der Waals surface area contributed by atoms with E-state index in [0.29, 0.717) is 34.4 Å². The molecule has 37 heavy (non-hydrogen) atoms. The average Bonchev–Trinajstić information content (AvgIpc) is 2.91. The van der Waals surface area contributed by atoms with E-state index >= 15 is 0 Å². The third-order valence-electron chi connectivity index (χ3n) is 6.25. The summed E-state index contributed by atoms with van der Waals surface area (Å²) in [7, 11) is 0. The molecule has 3 aromatic rings. The van der Waals surface area contributed by atoms with E-state index in [1.54, 1.807) is 23.1 Å². The Labute approximate surface area is 228 Å². The van der Waals surface area contributed by atoms with Gasteiger partial charge in [-0.05, 0) is 54.4 Å². The summed E-state index contributed by atoms with van der Waals surface area (Å²) < 4.78 is 5.37. The van der Waals surface area contributed by atoms with Crippen LogP contribution in [0.1, 0.15) is 27.9 Å². The highest BCUT2D eigenvalue weighted by molar-refractivity contribution is 6.37. The standard InChI is InChI=1S/C29H31Cl2N3O3/c30-24-10-11-26(27(31)20-24)29(36)34(21-22-6-2-1-3-7-22)25-9-4-8-23(18-25)19-28(35)32-12-5-13-33-14-16-37-17-15-33/h1-4,6-11,18,20H,5,12-17,19,21H2,(H,32,35). The highest BCUT2D eigenvalue weighted by Gasteiger charge is 2.21. The molecule has 0 saturated carbocycles. The van der Waals surface area contributed by atoms with Gasteiger partial charge in [0.25, 0.3) is 5.91 Å². The Kier molecular flexibility index (Phi) is 9.97. The Bertz CT molecular complexity index is 1200. The highest BCUT2D eigenvalue weighted by Crippen LogP contribution is 2.27. The molecule has 1 aliphatic heterocycles. The number of carbonyl (C=O) groups excluding carboxylic acids is 2. The van der Waals surface area contributed by atoms with Gasteiger partial charge in [0, 0.05) is 30.3 Å². The van der Waals surface area contributed by atoms with E-state index in [1.165, 1.54) is 0 Å². The number of hydrogen-bond donors (Lipinski definition) is 1. The van der Waals surface area contributed by atoms with E-state index in [9.17, 15) is 9.59 Å². The smallest absolute Gasteiger partial charge is 0.260 e. The molecule has 0 atom stereocenters. The highest BCUT2D eigenvalue weighted by atomic mass is 35.5. The molecule has 1 N–H and O–H groups in total. The molecule has 194 valence electrons. The zero-order valence-electron chi connectivity index (χ0n) is 20.7. The lowest BCUT2D eigenvalue weighted by Gasteiger charge is -2.26. The van der Waals surface area contributed by atoms with E-state index in [1.807, 2.05) is 54.6 Å². The summed E-state index contributed by atoms with van der Waals surface area (Å²) in [5.74, 6) is -0.281. The van der Waals surface area contributed by atoms with Gasteiger partial charge < -0.3 is 15.0 Å². The van der Waals surface area contributed by atoms with Gasteiger partial charge in [0.15, 0.2) is 0 Å². The van der Waals surface area contributed by atoms with Gasteiger partial charge in [0.2, 0.25) is 5.91 Å². The zero-order valence-corrected chi connectivity index (χ0v) is 22.2. The number of amides is 2. The van der Waals surface area contributed by atoms with Gasteiger partial charge in [0.1, 0.15) is 0 Å². The van der Waals surface area contributed by atoms with Crippen LogP contribution in [0.15, 0.2) is 72.8 Å². The summed E-state index contributed by atoms with van der Waals surface area (Å²) in [6.45, 7) is 5.37. The third-order valence-corrected chi connectivity index (χ3v) is 6.80. The van der Waals surface area contributed by atoms with Crippen molar-refractivity contribution >= 4 is 40.7 Å². The van der Waals surface area contributed by atoms with Gasteiger partial charge in [-0.25, -0.2) is 0 Å². The van der Waals surface area contributed by atoms with E-state index in [4.69, 9.17) is 27.9 Å². The van der Waals surface area contributed by atoms with Crippen LogP contribution in [0, 0.1) is 0 Å². The van der Waals surface area contributed by atoms with Gasteiger partial charge in [-0.2, -0.15) is 0 Å². The first-order valence-electron chi connectivity index (χ1n) is 12.5. The Morgan fingerprint density at radius 3 is 2.43 bits per heavy atom. The van der Waals surface area contributed by atoms with Crippen molar-refractivity contribution in [2.75, 3.05) is 44.3 Å². The van der Waals surface area contributed by atoms with E-state index in [0.717, 1.165) is 50.4 Å². The molecule has 8 heteroatoms. The monoisotopic (exact) mass is 539 g/mol. The van der Waals surface area contributed by atoms with Crippen molar-refractivity contribution in [3.8, 4) is 0 Å². The van der Waals surface area contributed by atoms with Crippen LogP contribution in [-0.2, 0) is 22.5 Å². The fraction of sp³-hybridized carbons (Fsp3) is 0.310. The molecule has 0 aromatic heterocycles. The Hall–Kier alpha value is -2.90. The topological polar surface area (TPSA) is 61.9 Å². The molecule has 0 spiro atoms. The molecule has 1 heterocycles. The minimum Gasteiger partial charge on any atom is -0.379 e. The largest absolute Gasteiger partial charge is 0.379 e. The van der Waals surface area contributed by atoms with Crippen molar-refractivity contribution < 1.29 is 14.3 Å². The first kappa shape index (κ1) is 27.1. The average molecular weight is 540 g/mol. The van der Waals surface area contributed by atoms with Crippen LogP contribution >= 0.6 is 23.2 Å². The zero-order chi connectivity index (χ0) is 26.0. The fourth-order valence-corrected chi connectivity index (χ4v) is 4.78. The SMILES string of the molecule is O=C(Cc1cccc(N(Cc2ccccc2)C(=O)c2ccc(Cl)cc2Cl)c1)NCCCN1CCOCC1. The number of benzene rings is 3. The van der Waals surface area contributed by atoms with Gasteiger partial charge in [-0.1, -0.05) is 65.7 Å². The van der Waals surface area contributed by atoms with Crippen molar-refractivity contribution in [3.63, 3.8) is 0 Å². The summed E-state index contributed by atoms with van der Waals surface area (Å²) in [5, 5.41) is 3.77. The minimum atomic E-state index is -0.241. The molecule has 1 saturated heterocycles. The number of halogens is 2. The van der Waals surface area contributed by atoms with Crippen LogP contribution in [-0.4, -0.2) is 56.1 Å². The molecule has 0 aliphatic carbocycles. The molecule has 1 aliphatic rings. The molecule has 1 fully saturated rings. The van der Waals surface area contributed by atoms with E-state index in [-0.39, 0.29) is 18.2 Å². The van der Waals surface area contributed by atoms with Crippen LogP contribution < -0.4 is 10.2 Å². The number of morpholine rings is 1. The van der Waals surface area contributed by atoms with Crippen molar-refractivity contribution in [1.29, 1.82) is 0 Å². The lowest BCUT2D eigenvalue weighted by Crippen LogP contribution is -2.38. The minimum absolute atomic E-state index is 0.0409. The summed E-state index contributed by atoms with van der Waals surface area (Å²) in [6.07, 6.45) is 1.13. The second kappa shape index (κ2) is 13.6. The molecule has 0 bridgehead atoms. The Morgan fingerprint density at radius 1 is 0.919 bits per heavy atom. The second-order valence-electron chi connectivity index (χ2n) is 9.01. The molecule has 0 radical (unpaired) electrons. The molecular formula is C29H31Cl2N3O3. The lowest BCUT2D eigenvalue weighted by atomic mass is 10.1. The summed E-state index contributed by atoms with van der Waals surface area (Å²) in [5.41, 5.74) is 2.86. The third kappa shape index (κ3) is 8.04. The summed E-state index contributed by atoms with van der Waals surface area (Å²) in [6, 6.07) is 22.1. The number of anilines is 1. The maximum absolute atomic E-state index is 13.6. The summed E-state index contributed by atoms with van der Waals surface area (Å²) in [4.78, 5) is 30.3. The normalized spacial score (nSPS) is 13.8. The van der Waals surface area contributed by atoms with Gasteiger partial charge in [-0.15, -0.1) is 0 Å². The number of ether oxygens (including phenoxy) is 1. The molecule has 0 unspecified atom stereocenters. The predicted octanol–water partition coefficient (Wildman–Crippen LogP) is 5.22. The van der Waals surface area contributed by atoms with Crippen molar-refractivity contribution in [3.05, 3.63) is 99.5 Å². The number of carbonyl (C=O) groups is 2. The van der Waals surface area contributed by atoms with E-state index < -0.39 is 0 Å². The molecule has 3 aromatic carbocycles. The first-order chi connectivity index (χ1) is 18.0. The Balaban J connectivity index is 1.44. The van der Waals surface area contributed by atoms with Gasteiger partial charge >= 0.3 is 0 Å². The number of rotatable bonds is 10. The lowest BCUT2D eigenvalue weighted by molar-refractivity contribution is -0.120. The van der Waals surface area contributed by atoms with Crippen molar-refractivity contribution in [1.82, 2.24) is 10.2 Å². The molecular weight excluding hydrogens is 509 g/mol. The first-order valence-corrected chi connectivity index (χ1v) is 13.2.